The van der Waals surface area contributed by atoms with Crippen molar-refractivity contribution < 1.29 is 17.7 Å². The summed E-state index contributed by atoms with van der Waals surface area (Å²) < 4.78 is 40.8. The third-order valence-corrected chi connectivity index (χ3v) is 2.12. The zero-order valence-electron chi connectivity index (χ0n) is 8.94. The minimum Gasteiger partial charge on any atom is -0.329 e. The van der Waals surface area contributed by atoms with Gasteiger partial charge in [-0.1, -0.05) is 29.4 Å². The Kier molecular flexibility index (Phi) is 4.31. The topological polar surface area (TPSA) is 64.9 Å². The van der Waals surface area contributed by atoms with Crippen LogP contribution in [0.1, 0.15) is 11.5 Å². The number of benzene rings is 1. The van der Waals surface area contributed by atoms with Gasteiger partial charge in [0.25, 0.3) is 0 Å². The Morgan fingerprint density at radius 1 is 1.17 bits per heavy atom. The van der Waals surface area contributed by atoms with Crippen LogP contribution in [0.15, 0.2) is 28.8 Å². The first-order valence-electron chi connectivity index (χ1n) is 4.71. The molecule has 0 spiro atoms. The molecule has 0 aliphatic carbocycles. The molecule has 0 atom stereocenters. The van der Waals surface area contributed by atoms with Gasteiger partial charge < -0.3 is 10.3 Å². The molecule has 0 bridgehead atoms. The molecule has 2 rings (SSSR count). The van der Waals surface area contributed by atoms with E-state index in [1.807, 2.05) is 0 Å². The number of halogens is 4. The third kappa shape index (κ3) is 2.99. The van der Waals surface area contributed by atoms with E-state index in [0.29, 0.717) is 12.1 Å². The van der Waals surface area contributed by atoms with Crippen molar-refractivity contribution in [1.82, 2.24) is 10.1 Å². The van der Waals surface area contributed by atoms with Crippen molar-refractivity contribution in [2.24, 2.45) is 5.73 Å². The monoisotopic (exact) mass is 279 g/mol. The Bertz CT molecular complexity index is 510. The van der Waals surface area contributed by atoms with Crippen LogP contribution in [0.25, 0.3) is 11.4 Å². The van der Waals surface area contributed by atoms with Gasteiger partial charge in [-0.25, -0.2) is 0 Å². The molecule has 1 aromatic heterocycles. The summed E-state index contributed by atoms with van der Waals surface area (Å²) in [6.45, 7) is 0.361. The van der Waals surface area contributed by atoms with E-state index in [1.54, 1.807) is 24.3 Å². The van der Waals surface area contributed by atoms with Crippen LogP contribution in [0.2, 0.25) is 0 Å². The van der Waals surface area contributed by atoms with E-state index < -0.39 is 12.1 Å². The fourth-order valence-electron chi connectivity index (χ4n) is 1.25. The van der Waals surface area contributed by atoms with Crippen molar-refractivity contribution in [3.8, 4) is 11.4 Å². The molecule has 0 radical (unpaired) electrons. The molecule has 0 amide bonds. The lowest BCUT2D eigenvalue weighted by Gasteiger charge is -1.98. The predicted octanol–water partition coefficient (Wildman–Crippen LogP) is 2.64. The highest BCUT2D eigenvalue weighted by molar-refractivity contribution is 5.85. The summed E-state index contributed by atoms with van der Waals surface area (Å²) >= 11 is 0. The van der Waals surface area contributed by atoms with Gasteiger partial charge in [0, 0.05) is 12.1 Å². The molecular formula is C10H9ClF3N3O. The van der Waals surface area contributed by atoms with Gasteiger partial charge >= 0.3 is 12.1 Å². The molecule has 8 heteroatoms. The second kappa shape index (κ2) is 5.36. The number of aromatic nitrogens is 2. The second-order valence-electron chi connectivity index (χ2n) is 3.32. The van der Waals surface area contributed by atoms with Crippen LogP contribution >= 0.6 is 12.4 Å². The smallest absolute Gasteiger partial charge is 0.329 e. The van der Waals surface area contributed by atoms with Crippen molar-refractivity contribution >= 4 is 12.4 Å². The second-order valence-corrected chi connectivity index (χ2v) is 3.32. The van der Waals surface area contributed by atoms with Crippen LogP contribution in [-0.4, -0.2) is 10.1 Å². The van der Waals surface area contributed by atoms with E-state index >= 15 is 0 Å². The van der Waals surface area contributed by atoms with Gasteiger partial charge in [0.05, 0.1) is 0 Å². The molecule has 0 unspecified atom stereocenters. The Morgan fingerprint density at radius 2 is 1.78 bits per heavy atom. The summed E-state index contributed by atoms with van der Waals surface area (Å²) in [4.78, 5) is 3.27. The highest BCUT2D eigenvalue weighted by Gasteiger charge is 2.38. The van der Waals surface area contributed by atoms with E-state index in [9.17, 15) is 13.2 Å². The van der Waals surface area contributed by atoms with Crippen molar-refractivity contribution in [1.29, 1.82) is 0 Å². The first kappa shape index (κ1) is 14.5. The predicted molar refractivity (Wildman–Crippen MR) is 59.9 cm³/mol. The summed E-state index contributed by atoms with van der Waals surface area (Å²) in [6, 6.07) is 6.57. The Balaban J connectivity index is 0.00000162. The Morgan fingerprint density at radius 3 is 2.22 bits per heavy atom. The maximum atomic E-state index is 12.2. The van der Waals surface area contributed by atoms with Crippen molar-refractivity contribution in [3.63, 3.8) is 0 Å². The summed E-state index contributed by atoms with van der Waals surface area (Å²) in [5, 5.41) is 3.27. The van der Waals surface area contributed by atoms with Gasteiger partial charge in [-0.2, -0.15) is 18.2 Å². The molecule has 18 heavy (non-hydrogen) atoms. The highest BCUT2D eigenvalue weighted by atomic mass is 35.5. The summed E-state index contributed by atoms with van der Waals surface area (Å²) in [5.41, 5.74) is 6.72. The van der Waals surface area contributed by atoms with Crippen LogP contribution in [-0.2, 0) is 12.7 Å². The van der Waals surface area contributed by atoms with E-state index in [4.69, 9.17) is 5.73 Å². The summed E-state index contributed by atoms with van der Waals surface area (Å²) in [5.74, 6) is -1.45. The fraction of sp³-hybridized carbons (Fsp3) is 0.200. The maximum absolute atomic E-state index is 12.2. The molecule has 0 aliphatic rings. The van der Waals surface area contributed by atoms with Crippen molar-refractivity contribution in [3.05, 3.63) is 35.7 Å². The highest BCUT2D eigenvalue weighted by Crippen LogP contribution is 2.29. The normalized spacial score (nSPS) is 11.1. The number of alkyl halides is 3. The molecule has 0 saturated carbocycles. The van der Waals surface area contributed by atoms with E-state index in [2.05, 4.69) is 14.7 Å². The molecule has 4 nitrogen and oxygen atoms in total. The van der Waals surface area contributed by atoms with Gasteiger partial charge in [-0.15, -0.1) is 12.4 Å². The number of hydrogen-bond donors (Lipinski definition) is 1. The largest absolute Gasteiger partial charge is 0.471 e. The van der Waals surface area contributed by atoms with Crippen molar-refractivity contribution in [2.45, 2.75) is 12.7 Å². The van der Waals surface area contributed by atoms with Gasteiger partial charge in [-0.3, -0.25) is 0 Å². The SMILES string of the molecule is Cl.NCc1ccc(-c2noc(C(F)(F)F)n2)cc1. The maximum Gasteiger partial charge on any atom is 0.471 e. The minimum atomic E-state index is -4.62. The molecule has 0 saturated heterocycles. The lowest BCUT2D eigenvalue weighted by Crippen LogP contribution is -2.04. The van der Waals surface area contributed by atoms with Crippen LogP contribution < -0.4 is 5.73 Å². The summed E-state index contributed by atoms with van der Waals surface area (Å²) in [7, 11) is 0. The molecule has 98 valence electrons. The molecule has 2 aromatic rings. The number of hydrogen-bond acceptors (Lipinski definition) is 4. The fourth-order valence-corrected chi connectivity index (χ4v) is 1.25. The Labute approximate surface area is 106 Å². The number of rotatable bonds is 2. The summed E-state index contributed by atoms with van der Waals surface area (Å²) in [6.07, 6.45) is -4.62. The van der Waals surface area contributed by atoms with E-state index in [-0.39, 0.29) is 18.2 Å². The quantitative estimate of drug-likeness (QED) is 0.918. The van der Waals surface area contributed by atoms with Crippen LogP contribution in [0.5, 0.6) is 0 Å². The first-order chi connectivity index (χ1) is 8.00. The van der Waals surface area contributed by atoms with Crippen molar-refractivity contribution in [2.75, 3.05) is 0 Å². The van der Waals surface area contributed by atoms with Crippen LogP contribution in [0, 0.1) is 0 Å². The van der Waals surface area contributed by atoms with E-state index in [1.165, 1.54) is 0 Å². The number of nitrogens with two attached hydrogens (primary N) is 1. The average molecular weight is 280 g/mol. The number of nitrogens with zero attached hydrogens (tertiary/aromatic N) is 2. The molecule has 0 fully saturated rings. The standard InChI is InChI=1S/C10H8F3N3O.ClH/c11-10(12,13)9-15-8(16-17-9)7-3-1-6(5-14)2-4-7;/h1-4H,5,14H2;1H. The Hall–Kier alpha value is -1.60. The zero-order valence-corrected chi connectivity index (χ0v) is 9.76. The lowest BCUT2D eigenvalue weighted by atomic mass is 10.1. The molecule has 1 aromatic carbocycles. The van der Waals surface area contributed by atoms with Gasteiger partial charge in [0.2, 0.25) is 5.82 Å². The van der Waals surface area contributed by atoms with Crippen LogP contribution in [0.4, 0.5) is 13.2 Å². The minimum absolute atomic E-state index is 0. The zero-order chi connectivity index (χ0) is 12.5. The molecular weight excluding hydrogens is 271 g/mol. The van der Waals surface area contributed by atoms with Gasteiger partial charge in [0.1, 0.15) is 0 Å². The molecule has 0 aliphatic heterocycles. The first-order valence-corrected chi connectivity index (χ1v) is 4.71. The van der Waals surface area contributed by atoms with E-state index in [0.717, 1.165) is 5.56 Å². The van der Waals surface area contributed by atoms with Gasteiger partial charge in [0.15, 0.2) is 0 Å². The van der Waals surface area contributed by atoms with Gasteiger partial charge in [-0.05, 0) is 5.56 Å². The lowest BCUT2D eigenvalue weighted by molar-refractivity contribution is -0.159. The molecule has 2 N–H and O–H groups in total. The average Bonchev–Trinajstić information content (AvgIpc) is 2.78. The van der Waals surface area contributed by atoms with Crippen LogP contribution in [0.3, 0.4) is 0 Å². The third-order valence-electron chi connectivity index (χ3n) is 2.12. The molecule has 1 heterocycles.